The second kappa shape index (κ2) is 6.04. The Kier molecular flexibility index (Phi) is 3.75. The van der Waals surface area contributed by atoms with Crippen LogP contribution in [0.2, 0.25) is 0 Å². The van der Waals surface area contributed by atoms with E-state index in [1.165, 1.54) is 0 Å². The number of carbonyl (C=O) groups is 1. The average Bonchev–Trinajstić information content (AvgIpc) is 3.05. The van der Waals surface area contributed by atoms with Gasteiger partial charge in [0.15, 0.2) is 0 Å². The summed E-state index contributed by atoms with van der Waals surface area (Å²) in [4.78, 5) is 14.4. The fourth-order valence-electron chi connectivity index (χ4n) is 3.27. The van der Waals surface area contributed by atoms with Gasteiger partial charge < -0.3 is 10.1 Å². The lowest BCUT2D eigenvalue weighted by Gasteiger charge is -2.39. The molecule has 0 spiro atoms. The molecule has 1 amide bonds. The largest absolute Gasteiger partial charge is 0.493 e. The molecule has 0 radical (unpaired) electrons. The molecule has 120 valence electrons. The van der Waals surface area contributed by atoms with Crippen LogP contribution in [0.4, 0.5) is 0 Å². The normalized spacial score (nSPS) is 21.1. The van der Waals surface area contributed by atoms with Crippen LogP contribution >= 0.6 is 0 Å². The lowest BCUT2D eigenvalue weighted by molar-refractivity contribution is -0.124. The van der Waals surface area contributed by atoms with Crippen LogP contribution in [0.25, 0.3) is 0 Å². The molecule has 0 bridgehead atoms. The lowest BCUT2D eigenvalue weighted by Crippen LogP contribution is -2.52. The molecular formula is C17H20N4O2. The van der Waals surface area contributed by atoms with Crippen molar-refractivity contribution in [3.05, 3.63) is 48.3 Å². The van der Waals surface area contributed by atoms with Gasteiger partial charge in [0.1, 0.15) is 5.75 Å². The van der Waals surface area contributed by atoms with Crippen LogP contribution in [0.15, 0.2) is 42.7 Å². The van der Waals surface area contributed by atoms with E-state index in [0.717, 1.165) is 30.8 Å². The minimum atomic E-state index is 0.0515. The zero-order valence-electron chi connectivity index (χ0n) is 12.9. The highest BCUT2D eigenvalue weighted by molar-refractivity contribution is 5.78. The first-order chi connectivity index (χ1) is 11.3. The lowest BCUT2D eigenvalue weighted by atomic mass is 10.0. The van der Waals surface area contributed by atoms with Crippen LogP contribution in [0, 0.1) is 0 Å². The molecule has 1 saturated heterocycles. The molecule has 6 nitrogen and oxygen atoms in total. The Hall–Kier alpha value is -2.34. The summed E-state index contributed by atoms with van der Waals surface area (Å²) in [5.41, 5.74) is 1.07. The Bertz CT molecular complexity index is 680. The van der Waals surface area contributed by atoms with Crippen molar-refractivity contribution in [3.63, 3.8) is 0 Å². The van der Waals surface area contributed by atoms with Crippen LogP contribution in [0.1, 0.15) is 24.1 Å². The summed E-state index contributed by atoms with van der Waals surface area (Å²) >= 11 is 0. The van der Waals surface area contributed by atoms with Gasteiger partial charge in [-0.3, -0.25) is 14.4 Å². The topological polar surface area (TPSA) is 59.4 Å². The van der Waals surface area contributed by atoms with Gasteiger partial charge in [-0.15, -0.1) is 0 Å². The number of hydrogen-bond acceptors (Lipinski definition) is 4. The Morgan fingerprint density at radius 3 is 3.00 bits per heavy atom. The predicted octanol–water partition coefficient (Wildman–Crippen LogP) is 1.38. The van der Waals surface area contributed by atoms with Gasteiger partial charge in [0, 0.05) is 37.5 Å². The highest BCUT2D eigenvalue weighted by Gasteiger charge is 2.30. The summed E-state index contributed by atoms with van der Waals surface area (Å²) in [7, 11) is 0. The number of nitrogens with one attached hydrogen (secondary N) is 1. The maximum Gasteiger partial charge on any atom is 0.234 e. The van der Waals surface area contributed by atoms with Gasteiger partial charge >= 0.3 is 0 Å². The minimum Gasteiger partial charge on any atom is -0.493 e. The zero-order valence-corrected chi connectivity index (χ0v) is 12.9. The summed E-state index contributed by atoms with van der Waals surface area (Å²) in [5.74, 6) is 0.956. The van der Waals surface area contributed by atoms with E-state index in [9.17, 15) is 4.79 Å². The summed E-state index contributed by atoms with van der Waals surface area (Å²) in [6.45, 7) is 2.84. The number of ether oxygens (including phenoxy) is 1. The maximum absolute atomic E-state index is 12.3. The SMILES string of the molecule is O=C(CN1CC(n2cccn2)C1)NC1CCOc2ccccc21. The molecule has 3 heterocycles. The average molecular weight is 312 g/mol. The number of hydrogen-bond donors (Lipinski definition) is 1. The van der Waals surface area contributed by atoms with Crippen molar-refractivity contribution in [2.75, 3.05) is 26.2 Å². The summed E-state index contributed by atoms with van der Waals surface area (Å²) in [6, 6.07) is 10.3. The molecule has 1 aromatic carbocycles. The van der Waals surface area contributed by atoms with Gasteiger partial charge in [0.25, 0.3) is 0 Å². The fraction of sp³-hybridized carbons (Fsp3) is 0.412. The minimum absolute atomic E-state index is 0.0515. The Balaban J connectivity index is 1.30. The number of para-hydroxylation sites is 1. The Morgan fingerprint density at radius 2 is 2.17 bits per heavy atom. The van der Waals surface area contributed by atoms with Crippen LogP contribution in [-0.4, -0.2) is 46.8 Å². The van der Waals surface area contributed by atoms with Gasteiger partial charge in [0.05, 0.1) is 25.2 Å². The van der Waals surface area contributed by atoms with E-state index in [0.29, 0.717) is 19.2 Å². The Labute approximate surface area is 135 Å². The number of fused-ring (bicyclic) bond motifs is 1. The molecule has 23 heavy (non-hydrogen) atoms. The quantitative estimate of drug-likeness (QED) is 0.926. The van der Waals surface area contributed by atoms with Crippen LogP contribution < -0.4 is 10.1 Å². The van der Waals surface area contributed by atoms with E-state index in [-0.39, 0.29) is 11.9 Å². The molecule has 4 rings (SSSR count). The van der Waals surface area contributed by atoms with Gasteiger partial charge in [-0.2, -0.15) is 5.10 Å². The van der Waals surface area contributed by atoms with E-state index in [1.54, 1.807) is 6.20 Å². The third kappa shape index (κ3) is 2.94. The Morgan fingerprint density at radius 1 is 1.30 bits per heavy atom. The molecule has 0 aliphatic carbocycles. The smallest absolute Gasteiger partial charge is 0.234 e. The van der Waals surface area contributed by atoms with E-state index in [1.807, 2.05) is 41.2 Å². The summed E-state index contributed by atoms with van der Waals surface area (Å²) in [6.07, 6.45) is 4.58. The van der Waals surface area contributed by atoms with Crippen molar-refractivity contribution >= 4 is 5.91 Å². The van der Waals surface area contributed by atoms with Gasteiger partial charge in [-0.1, -0.05) is 18.2 Å². The summed E-state index contributed by atoms with van der Waals surface area (Å²) < 4.78 is 7.59. The van der Waals surface area contributed by atoms with E-state index >= 15 is 0 Å². The van der Waals surface area contributed by atoms with E-state index in [4.69, 9.17) is 4.74 Å². The molecule has 1 aromatic heterocycles. The number of rotatable bonds is 4. The first-order valence-electron chi connectivity index (χ1n) is 8.02. The number of aromatic nitrogens is 2. The first-order valence-corrected chi connectivity index (χ1v) is 8.02. The molecule has 1 unspecified atom stereocenters. The van der Waals surface area contributed by atoms with Crippen molar-refractivity contribution in [2.45, 2.75) is 18.5 Å². The molecule has 0 saturated carbocycles. The zero-order chi connectivity index (χ0) is 15.6. The van der Waals surface area contributed by atoms with Crippen LogP contribution in [0.5, 0.6) is 5.75 Å². The molecule has 1 atom stereocenters. The highest BCUT2D eigenvalue weighted by atomic mass is 16.5. The van der Waals surface area contributed by atoms with Crippen molar-refractivity contribution in [1.29, 1.82) is 0 Å². The molecule has 1 N–H and O–H groups in total. The number of carbonyl (C=O) groups excluding carboxylic acids is 1. The predicted molar refractivity (Wildman–Crippen MR) is 85.1 cm³/mol. The first kappa shape index (κ1) is 14.3. The van der Waals surface area contributed by atoms with Gasteiger partial charge in [0.2, 0.25) is 5.91 Å². The van der Waals surface area contributed by atoms with Crippen molar-refractivity contribution in [2.24, 2.45) is 0 Å². The van der Waals surface area contributed by atoms with Crippen molar-refractivity contribution in [1.82, 2.24) is 20.0 Å². The molecule has 2 aliphatic heterocycles. The monoisotopic (exact) mass is 312 g/mol. The van der Waals surface area contributed by atoms with Crippen LogP contribution in [-0.2, 0) is 4.79 Å². The second-order valence-corrected chi connectivity index (χ2v) is 6.13. The standard InChI is InChI=1S/C17H20N4O2/c22-17(12-20-10-13(11-20)21-8-3-7-18-21)19-15-6-9-23-16-5-2-1-4-14(15)16/h1-5,7-8,13,15H,6,9-12H2,(H,19,22). The third-order valence-corrected chi connectivity index (χ3v) is 4.50. The number of likely N-dealkylation sites (tertiary alicyclic amines) is 1. The van der Waals surface area contributed by atoms with Crippen molar-refractivity contribution < 1.29 is 9.53 Å². The molecule has 2 aromatic rings. The van der Waals surface area contributed by atoms with Gasteiger partial charge in [-0.05, 0) is 12.1 Å². The van der Waals surface area contributed by atoms with E-state index in [2.05, 4.69) is 15.3 Å². The molecule has 1 fully saturated rings. The van der Waals surface area contributed by atoms with E-state index < -0.39 is 0 Å². The fourth-order valence-corrected chi connectivity index (χ4v) is 3.27. The van der Waals surface area contributed by atoms with Gasteiger partial charge in [-0.25, -0.2) is 0 Å². The second-order valence-electron chi connectivity index (χ2n) is 6.13. The maximum atomic E-state index is 12.3. The number of nitrogens with zero attached hydrogens (tertiary/aromatic N) is 3. The molecule has 6 heteroatoms. The summed E-state index contributed by atoms with van der Waals surface area (Å²) in [5, 5.41) is 7.39. The molecule has 2 aliphatic rings. The highest BCUT2D eigenvalue weighted by Crippen LogP contribution is 2.31. The number of amides is 1. The molecular weight excluding hydrogens is 292 g/mol. The number of benzene rings is 1. The van der Waals surface area contributed by atoms with Crippen molar-refractivity contribution in [3.8, 4) is 5.75 Å². The van der Waals surface area contributed by atoms with Crippen LogP contribution in [0.3, 0.4) is 0 Å². The third-order valence-electron chi connectivity index (χ3n) is 4.50.